The normalized spacial score (nSPS) is 12.8. The molecule has 0 aliphatic rings. The minimum absolute atomic E-state index is 0.107. The Labute approximate surface area is 400 Å². The second-order valence-corrected chi connectivity index (χ2v) is 17.4. The number of allylic oxidation sites excluding steroid dienone is 16. The topological polar surface area (TPSA) is 78.9 Å². The maximum atomic E-state index is 12.8. The van der Waals surface area contributed by atoms with Gasteiger partial charge in [-0.1, -0.05) is 221 Å². The third kappa shape index (κ3) is 51.2. The molecule has 0 saturated heterocycles. The van der Waals surface area contributed by atoms with Gasteiger partial charge in [-0.3, -0.25) is 14.4 Å². The molecule has 0 aliphatic heterocycles. The highest BCUT2D eigenvalue weighted by atomic mass is 16.6. The molecule has 0 fully saturated rings. The van der Waals surface area contributed by atoms with E-state index in [0.717, 1.165) is 96.3 Å². The fraction of sp³-hybridized carbons (Fsp3) is 0.678. The summed E-state index contributed by atoms with van der Waals surface area (Å²) < 4.78 is 16.7. The zero-order valence-electron chi connectivity index (χ0n) is 42.2. The van der Waals surface area contributed by atoms with Gasteiger partial charge < -0.3 is 14.2 Å². The van der Waals surface area contributed by atoms with Gasteiger partial charge in [-0.05, 0) is 96.3 Å². The third-order valence-corrected chi connectivity index (χ3v) is 11.1. The lowest BCUT2D eigenvalue weighted by Crippen LogP contribution is -2.30. The molecule has 0 heterocycles. The van der Waals surface area contributed by atoms with Crippen LogP contribution in [0.2, 0.25) is 0 Å². The monoisotopic (exact) mass is 903 g/mol. The summed E-state index contributed by atoms with van der Waals surface area (Å²) in [6, 6.07) is 0. The fourth-order valence-corrected chi connectivity index (χ4v) is 7.07. The Morgan fingerprint density at radius 3 is 1.03 bits per heavy atom. The highest BCUT2D eigenvalue weighted by Crippen LogP contribution is 2.14. The summed E-state index contributed by atoms with van der Waals surface area (Å²) in [6.07, 6.45) is 69.6. The van der Waals surface area contributed by atoms with Crippen LogP contribution in [0.3, 0.4) is 0 Å². The van der Waals surface area contributed by atoms with Crippen molar-refractivity contribution in [1.82, 2.24) is 0 Å². The van der Waals surface area contributed by atoms with Crippen LogP contribution in [-0.2, 0) is 28.6 Å². The van der Waals surface area contributed by atoms with Gasteiger partial charge in [0, 0.05) is 19.3 Å². The quantitative estimate of drug-likeness (QED) is 0.0262. The molecule has 1 atom stereocenters. The second-order valence-electron chi connectivity index (χ2n) is 17.4. The van der Waals surface area contributed by atoms with Gasteiger partial charge in [0.25, 0.3) is 0 Å². The van der Waals surface area contributed by atoms with Gasteiger partial charge in [-0.25, -0.2) is 0 Å². The average molecular weight is 903 g/mol. The predicted molar refractivity (Wildman–Crippen MR) is 279 cm³/mol. The van der Waals surface area contributed by atoms with Crippen LogP contribution in [0.4, 0.5) is 0 Å². The standard InChI is InChI=1S/C59H98O6/c1-4-7-10-13-16-19-22-25-28-30-32-34-37-40-43-46-49-52-58(61)64-55-56(54-63-57(60)51-48-45-42-39-36-33-27-24-21-18-15-12-9-6-3)65-59(62)53-50-47-44-41-38-35-31-29-26-23-20-17-14-11-8-5-2/h8,11,16-17,19-20,25-26,28-29,32,34-35,38,40,43,56H,4-7,9-10,12-15,18,21-24,27,30-31,33,36-37,39,41-42,44-55H2,1-3H3/b11-8-,19-16-,20-17-,28-25-,29-26-,34-32-,38-35-,43-40-. The molecule has 0 saturated carbocycles. The smallest absolute Gasteiger partial charge is 0.306 e. The first-order valence-electron chi connectivity index (χ1n) is 26.7. The first-order valence-corrected chi connectivity index (χ1v) is 26.7. The Morgan fingerprint density at radius 1 is 0.323 bits per heavy atom. The Hall–Kier alpha value is -3.67. The molecule has 0 amide bonds. The number of esters is 3. The van der Waals surface area contributed by atoms with E-state index in [4.69, 9.17) is 14.2 Å². The lowest BCUT2D eigenvalue weighted by Gasteiger charge is -2.18. The van der Waals surface area contributed by atoms with Gasteiger partial charge in [-0.15, -0.1) is 0 Å². The first-order chi connectivity index (χ1) is 32.0. The van der Waals surface area contributed by atoms with Crippen LogP contribution in [0, 0.1) is 0 Å². The minimum Gasteiger partial charge on any atom is -0.462 e. The molecule has 6 heteroatoms. The number of carbonyl (C=O) groups is 3. The van der Waals surface area contributed by atoms with Crippen molar-refractivity contribution >= 4 is 17.9 Å². The fourth-order valence-electron chi connectivity index (χ4n) is 7.07. The molecular formula is C59H98O6. The third-order valence-electron chi connectivity index (χ3n) is 11.1. The molecular weight excluding hydrogens is 805 g/mol. The molecule has 6 nitrogen and oxygen atoms in total. The van der Waals surface area contributed by atoms with E-state index in [9.17, 15) is 14.4 Å². The summed E-state index contributed by atoms with van der Waals surface area (Å²) in [5.74, 6) is -0.997. The van der Waals surface area contributed by atoms with E-state index in [1.807, 2.05) is 0 Å². The van der Waals surface area contributed by atoms with Crippen molar-refractivity contribution in [2.24, 2.45) is 0 Å². The lowest BCUT2D eigenvalue weighted by atomic mass is 10.0. The summed E-state index contributed by atoms with van der Waals surface area (Å²) >= 11 is 0. The largest absolute Gasteiger partial charge is 0.462 e. The number of hydrogen-bond donors (Lipinski definition) is 0. The van der Waals surface area contributed by atoms with E-state index in [2.05, 4.69) is 118 Å². The average Bonchev–Trinajstić information content (AvgIpc) is 3.30. The van der Waals surface area contributed by atoms with Gasteiger partial charge in [0.15, 0.2) is 6.10 Å². The minimum atomic E-state index is -0.815. The van der Waals surface area contributed by atoms with Crippen molar-refractivity contribution in [3.8, 4) is 0 Å². The number of hydrogen-bond acceptors (Lipinski definition) is 6. The maximum absolute atomic E-state index is 12.8. The first kappa shape index (κ1) is 61.3. The summed E-state index contributed by atoms with van der Waals surface area (Å²) in [6.45, 7) is 6.42. The number of ether oxygens (including phenoxy) is 3. The van der Waals surface area contributed by atoms with E-state index in [1.54, 1.807) is 0 Å². The van der Waals surface area contributed by atoms with Crippen LogP contribution < -0.4 is 0 Å². The number of rotatable bonds is 47. The molecule has 0 N–H and O–H groups in total. The van der Waals surface area contributed by atoms with Crippen molar-refractivity contribution < 1.29 is 28.6 Å². The van der Waals surface area contributed by atoms with Crippen molar-refractivity contribution in [3.05, 3.63) is 97.2 Å². The van der Waals surface area contributed by atoms with Crippen LogP contribution in [0.15, 0.2) is 97.2 Å². The van der Waals surface area contributed by atoms with Gasteiger partial charge in [-0.2, -0.15) is 0 Å². The van der Waals surface area contributed by atoms with E-state index in [1.165, 1.54) is 96.3 Å². The zero-order chi connectivity index (χ0) is 47.2. The maximum Gasteiger partial charge on any atom is 0.306 e. The van der Waals surface area contributed by atoms with E-state index >= 15 is 0 Å². The molecule has 0 aromatic carbocycles. The highest BCUT2D eigenvalue weighted by molar-refractivity contribution is 5.71. The van der Waals surface area contributed by atoms with Crippen LogP contribution >= 0.6 is 0 Å². The Morgan fingerprint density at radius 2 is 0.615 bits per heavy atom. The van der Waals surface area contributed by atoms with Crippen LogP contribution in [0.5, 0.6) is 0 Å². The molecule has 0 aromatic rings. The van der Waals surface area contributed by atoms with Crippen LogP contribution in [-0.4, -0.2) is 37.2 Å². The van der Waals surface area contributed by atoms with Gasteiger partial charge >= 0.3 is 17.9 Å². The Kier molecular flexibility index (Phi) is 50.0. The summed E-state index contributed by atoms with van der Waals surface area (Å²) in [7, 11) is 0. The Bertz CT molecular complexity index is 1310. The molecule has 370 valence electrons. The van der Waals surface area contributed by atoms with Crippen molar-refractivity contribution in [1.29, 1.82) is 0 Å². The summed E-state index contributed by atoms with van der Waals surface area (Å²) in [5.41, 5.74) is 0. The molecule has 0 spiro atoms. The lowest BCUT2D eigenvalue weighted by molar-refractivity contribution is -0.167. The zero-order valence-corrected chi connectivity index (χ0v) is 42.2. The second kappa shape index (κ2) is 52.9. The molecule has 0 bridgehead atoms. The van der Waals surface area contributed by atoms with Crippen molar-refractivity contribution in [2.45, 2.75) is 245 Å². The van der Waals surface area contributed by atoms with Gasteiger partial charge in [0.1, 0.15) is 13.2 Å². The molecule has 65 heavy (non-hydrogen) atoms. The summed E-state index contributed by atoms with van der Waals surface area (Å²) in [5, 5.41) is 0. The molecule has 0 rings (SSSR count). The van der Waals surface area contributed by atoms with Crippen molar-refractivity contribution in [3.63, 3.8) is 0 Å². The molecule has 0 radical (unpaired) electrons. The Balaban J connectivity index is 4.53. The molecule has 0 aromatic heterocycles. The van der Waals surface area contributed by atoms with E-state index < -0.39 is 6.10 Å². The van der Waals surface area contributed by atoms with Gasteiger partial charge in [0.2, 0.25) is 0 Å². The van der Waals surface area contributed by atoms with E-state index in [0.29, 0.717) is 12.8 Å². The SMILES string of the molecule is CC/C=C\C/C=C\C/C=C\C/C=C\CCCCCC(=O)OC(COC(=O)CCC/C=C\C/C=C\C/C=C\C/C=C\CCCCC)COC(=O)CCCCCCCCCCCCCCCC. The number of unbranched alkanes of at least 4 members (excludes halogenated alkanes) is 20. The highest BCUT2D eigenvalue weighted by Gasteiger charge is 2.19. The van der Waals surface area contributed by atoms with Crippen molar-refractivity contribution in [2.75, 3.05) is 13.2 Å². The molecule has 0 aliphatic carbocycles. The predicted octanol–water partition coefficient (Wildman–Crippen LogP) is 17.8. The van der Waals surface area contributed by atoms with Crippen LogP contribution in [0.1, 0.15) is 239 Å². The van der Waals surface area contributed by atoms with Gasteiger partial charge in [0.05, 0.1) is 0 Å². The van der Waals surface area contributed by atoms with E-state index in [-0.39, 0.29) is 44.0 Å². The molecule has 1 unspecified atom stereocenters. The summed E-state index contributed by atoms with van der Waals surface area (Å²) in [4.78, 5) is 38.0. The van der Waals surface area contributed by atoms with Crippen LogP contribution in [0.25, 0.3) is 0 Å². The number of carbonyl (C=O) groups excluding carboxylic acids is 3.